The molecule has 0 N–H and O–H groups in total. The zero-order valence-corrected chi connectivity index (χ0v) is 7.60. The van der Waals surface area contributed by atoms with Crippen molar-refractivity contribution >= 4 is 38.9 Å². The Balaban J connectivity index is 3.03. The average molecular weight is 248 g/mol. The standard InChI is InChI=1S/C4HBrClF2NS/c5-4-9-2(6)1(10-4)3(7)8/h3H. The fourth-order valence-corrected chi connectivity index (χ4v) is 2.10. The first-order chi connectivity index (χ1) is 4.61. The van der Waals surface area contributed by atoms with Crippen molar-refractivity contribution in [3.63, 3.8) is 0 Å². The Bertz CT molecular complexity index is 239. The van der Waals surface area contributed by atoms with Crippen LogP contribution in [0.1, 0.15) is 11.3 Å². The second-order valence-electron chi connectivity index (χ2n) is 1.42. The molecule has 1 heterocycles. The van der Waals surface area contributed by atoms with Gasteiger partial charge >= 0.3 is 0 Å². The van der Waals surface area contributed by atoms with Gasteiger partial charge in [-0.05, 0) is 15.9 Å². The van der Waals surface area contributed by atoms with Gasteiger partial charge in [-0.3, -0.25) is 0 Å². The summed E-state index contributed by atoms with van der Waals surface area (Å²) in [5.41, 5.74) is 0. The van der Waals surface area contributed by atoms with E-state index >= 15 is 0 Å². The first-order valence-electron chi connectivity index (χ1n) is 2.21. The molecule has 1 aromatic rings. The lowest BCUT2D eigenvalue weighted by molar-refractivity contribution is 0.155. The van der Waals surface area contributed by atoms with Gasteiger partial charge in [0, 0.05) is 0 Å². The van der Waals surface area contributed by atoms with Crippen LogP contribution in [0.25, 0.3) is 0 Å². The summed E-state index contributed by atoms with van der Waals surface area (Å²) < 4.78 is 24.2. The van der Waals surface area contributed by atoms with Gasteiger partial charge in [0.05, 0.1) is 0 Å². The highest BCUT2D eigenvalue weighted by molar-refractivity contribution is 9.11. The Morgan fingerprint density at radius 3 is 2.40 bits per heavy atom. The second kappa shape index (κ2) is 3.11. The normalized spacial score (nSPS) is 10.9. The molecule has 0 aromatic carbocycles. The lowest BCUT2D eigenvalue weighted by atomic mass is 10.6. The van der Waals surface area contributed by atoms with Crippen molar-refractivity contribution < 1.29 is 8.78 Å². The van der Waals surface area contributed by atoms with Crippen LogP contribution >= 0.6 is 38.9 Å². The molecule has 0 bridgehead atoms. The third kappa shape index (κ3) is 1.65. The molecule has 0 saturated heterocycles. The Labute approximate surface area is 73.2 Å². The quantitative estimate of drug-likeness (QED) is 0.741. The van der Waals surface area contributed by atoms with Crippen molar-refractivity contribution in [1.82, 2.24) is 4.98 Å². The van der Waals surface area contributed by atoms with E-state index in [0.29, 0.717) is 3.92 Å². The number of thiazole rings is 1. The second-order valence-corrected chi connectivity index (χ2v) is 4.09. The summed E-state index contributed by atoms with van der Waals surface area (Å²) in [4.78, 5) is 3.37. The van der Waals surface area contributed by atoms with Crippen LogP contribution in [0.2, 0.25) is 5.15 Å². The minimum atomic E-state index is -2.53. The lowest BCUT2D eigenvalue weighted by Gasteiger charge is -1.89. The highest BCUT2D eigenvalue weighted by Crippen LogP contribution is 2.34. The predicted molar refractivity (Wildman–Crippen MR) is 39.8 cm³/mol. The molecule has 0 aliphatic carbocycles. The Morgan fingerprint density at radius 2 is 2.20 bits per heavy atom. The molecule has 0 unspecified atom stereocenters. The molecule has 1 nitrogen and oxygen atoms in total. The van der Waals surface area contributed by atoms with E-state index in [2.05, 4.69) is 20.9 Å². The number of hydrogen-bond acceptors (Lipinski definition) is 2. The van der Waals surface area contributed by atoms with Gasteiger partial charge in [0.2, 0.25) is 0 Å². The SMILES string of the molecule is FC(F)c1sc(Br)nc1Cl. The summed E-state index contributed by atoms with van der Waals surface area (Å²) in [6.45, 7) is 0. The zero-order valence-electron chi connectivity index (χ0n) is 4.44. The molecular weight excluding hydrogens is 247 g/mol. The molecule has 0 saturated carbocycles. The molecule has 0 radical (unpaired) electrons. The maximum absolute atomic E-state index is 11.9. The van der Waals surface area contributed by atoms with E-state index in [1.807, 2.05) is 0 Å². The molecule has 0 amide bonds. The van der Waals surface area contributed by atoms with Gasteiger partial charge in [0.25, 0.3) is 6.43 Å². The third-order valence-electron chi connectivity index (χ3n) is 0.782. The molecule has 0 aliphatic rings. The van der Waals surface area contributed by atoms with Gasteiger partial charge in [-0.1, -0.05) is 11.6 Å². The fraction of sp³-hybridized carbons (Fsp3) is 0.250. The molecule has 1 aromatic heterocycles. The molecule has 0 fully saturated rings. The number of hydrogen-bond donors (Lipinski definition) is 0. The van der Waals surface area contributed by atoms with Crippen molar-refractivity contribution in [2.75, 3.05) is 0 Å². The summed E-state index contributed by atoms with van der Waals surface area (Å²) in [7, 11) is 0. The number of rotatable bonds is 1. The topological polar surface area (TPSA) is 12.9 Å². The number of halogens is 4. The highest BCUT2D eigenvalue weighted by Gasteiger charge is 2.16. The van der Waals surface area contributed by atoms with E-state index in [0.717, 1.165) is 11.3 Å². The predicted octanol–water partition coefficient (Wildman–Crippen LogP) is 3.50. The van der Waals surface area contributed by atoms with Crippen LogP contribution in [-0.2, 0) is 0 Å². The summed E-state index contributed by atoms with van der Waals surface area (Å²) >= 11 is 9.12. The van der Waals surface area contributed by atoms with E-state index < -0.39 is 6.43 Å². The van der Waals surface area contributed by atoms with Crippen molar-refractivity contribution in [2.24, 2.45) is 0 Å². The molecular formula is C4HBrClF2NS. The zero-order chi connectivity index (χ0) is 7.72. The summed E-state index contributed by atoms with van der Waals surface area (Å²) in [6, 6.07) is 0. The monoisotopic (exact) mass is 247 g/mol. The van der Waals surface area contributed by atoms with E-state index in [4.69, 9.17) is 11.6 Å². The lowest BCUT2D eigenvalue weighted by Crippen LogP contribution is -1.76. The first-order valence-corrected chi connectivity index (χ1v) is 4.20. The van der Waals surface area contributed by atoms with Gasteiger partial charge in [0.15, 0.2) is 3.92 Å². The van der Waals surface area contributed by atoms with Crippen LogP contribution in [-0.4, -0.2) is 4.98 Å². The van der Waals surface area contributed by atoms with Crippen LogP contribution in [0.15, 0.2) is 3.92 Å². The Morgan fingerprint density at radius 1 is 1.60 bits per heavy atom. The van der Waals surface area contributed by atoms with Crippen molar-refractivity contribution in [3.05, 3.63) is 13.9 Å². The number of aromatic nitrogens is 1. The van der Waals surface area contributed by atoms with Crippen LogP contribution in [0, 0.1) is 0 Å². The van der Waals surface area contributed by atoms with Crippen molar-refractivity contribution in [1.29, 1.82) is 0 Å². The maximum Gasteiger partial charge on any atom is 0.275 e. The number of alkyl halides is 2. The molecule has 56 valence electrons. The summed E-state index contributed by atoms with van der Waals surface area (Å²) in [5.74, 6) is 0. The summed E-state index contributed by atoms with van der Waals surface area (Å²) in [5, 5.41) is -0.119. The van der Waals surface area contributed by atoms with Crippen LogP contribution in [0.5, 0.6) is 0 Å². The van der Waals surface area contributed by atoms with Crippen LogP contribution in [0.3, 0.4) is 0 Å². The van der Waals surface area contributed by atoms with Crippen molar-refractivity contribution in [2.45, 2.75) is 6.43 Å². The summed E-state index contributed by atoms with van der Waals surface area (Å²) in [6.07, 6.45) is -2.53. The minimum Gasteiger partial charge on any atom is -0.217 e. The Hall–Kier alpha value is 0.260. The smallest absolute Gasteiger partial charge is 0.217 e. The molecule has 1 rings (SSSR count). The van der Waals surface area contributed by atoms with E-state index in [-0.39, 0.29) is 10.0 Å². The largest absolute Gasteiger partial charge is 0.275 e. The average Bonchev–Trinajstić information content (AvgIpc) is 2.10. The van der Waals surface area contributed by atoms with Gasteiger partial charge in [-0.25, -0.2) is 13.8 Å². The Kier molecular flexibility index (Phi) is 2.60. The van der Waals surface area contributed by atoms with Crippen LogP contribution < -0.4 is 0 Å². The minimum absolute atomic E-state index is 0.119. The van der Waals surface area contributed by atoms with Gasteiger partial charge in [-0.2, -0.15) is 0 Å². The molecule has 10 heavy (non-hydrogen) atoms. The fourth-order valence-electron chi connectivity index (χ4n) is 0.423. The van der Waals surface area contributed by atoms with Gasteiger partial charge in [0.1, 0.15) is 10.0 Å². The van der Waals surface area contributed by atoms with E-state index in [9.17, 15) is 8.78 Å². The van der Waals surface area contributed by atoms with Gasteiger partial charge < -0.3 is 0 Å². The number of nitrogens with zero attached hydrogens (tertiary/aromatic N) is 1. The maximum atomic E-state index is 11.9. The molecule has 0 spiro atoms. The molecule has 0 atom stereocenters. The van der Waals surface area contributed by atoms with E-state index in [1.165, 1.54) is 0 Å². The van der Waals surface area contributed by atoms with E-state index in [1.54, 1.807) is 0 Å². The molecule has 0 aliphatic heterocycles. The third-order valence-corrected chi connectivity index (χ3v) is 2.70. The van der Waals surface area contributed by atoms with Crippen LogP contribution in [0.4, 0.5) is 8.78 Å². The van der Waals surface area contributed by atoms with Crippen molar-refractivity contribution in [3.8, 4) is 0 Å². The first kappa shape index (κ1) is 8.36. The van der Waals surface area contributed by atoms with Gasteiger partial charge in [-0.15, -0.1) is 11.3 Å². The molecule has 6 heteroatoms. The highest BCUT2D eigenvalue weighted by atomic mass is 79.9.